The summed E-state index contributed by atoms with van der Waals surface area (Å²) in [4.78, 5) is 30.6. The quantitative estimate of drug-likeness (QED) is 0.782. The van der Waals surface area contributed by atoms with E-state index in [4.69, 9.17) is 9.47 Å². The fraction of sp³-hybridized carbons (Fsp3) is 0.905. The lowest BCUT2D eigenvalue weighted by Crippen LogP contribution is -2.59. The van der Waals surface area contributed by atoms with Crippen LogP contribution in [0.25, 0.3) is 0 Å². The van der Waals surface area contributed by atoms with E-state index in [0.717, 1.165) is 6.54 Å². The van der Waals surface area contributed by atoms with Crippen LogP contribution < -0.4 is 5.32 Å². The summed E-state index contributed by atoms with van der Waals surface area (Å²) < 4.78 is 11.9. The van der Waals surface area contributed by atoms with Crippen LogP contribution in [0.3, 0.4) is 0 Å². The molecule has 7 nitrogen and oxygen atoms in total. The summed E-state index contributed by atoms with van der Waals surface area (Å²) in [5.74, 6) is 0.149. The Morgan fingerprint density at radius 1 is 0.964 bits per heavy atom. The zero-order valence-corrected chi connectivity index (χ0v) is 18.3. The molecular formula is C21H37N3O4. The van der Waals surface area contributed by atoms with Gasteiger partial charge in [0.1, 0.15) is 0 Å². The Kier molecular flexibility index (Phi) is 5.82. The average Bonchev–Trinajstić information content (AvgIpc) is 2.99. The molecule has 0 saturated carbocycles. The fourth-order valence-electron chi connectivity index (χ4n) is 5.14. The highest BCUT2D eigenvalue weighted by atomic mass is 16.5. The van der Waals surface area contributed by atoms with Gasteiger partial charge in [0, 0.05) is 39.1 Å². The molecule has 7 heteroatoms. The molecule has 0 aromatic carbocycles. The van der Waals surface area contributed by atoms with Crippen molar-refractivity contribution >= 4 is 11.8 Å². The third-order valence-electron chi connectivity index (χ3n) is 5.97. The van der Waals surface area contributed by atoms with Gasteiger partial charge in [0.25, 0.3) is 0 Å². The second-order valence-corrected chi connectivity index (χ2v) is 10.2. The maximum atomic E-state index is 13.6. The molecule has 0 spiro atoms. The van der Waals surface area contributed by atoms with Gasteiger partial charge in [-0.25, -0.2) is 0 Å². The van der Waals surface area contributed by atoms with Crippen LogP contribution in [0.1, 0.15) is 54.4 Å². The van der Waals surface area contributed by atoms with Gasteiger partial charge in [-0.2, -0.15) is 0 Å². The van der Waals surface area contributed by atoms with Crippen LogP contribution in [-0.2, 0) is 19.1 Å². The maximum absolute atomic E-state index is 13.6. The number of hydrogen-bond donors (Lipinski definition) is 1. The topological polar surface area (TPSA) is 71.1 Å². The molecule has 3 unspecified atom stereocenters. The number of nitrogens with one attached hydrogen (secondary N) is 1. The molecule has 3 atom stereocenters. The Labute approximate surface area is 169 Å². The Morgan fingerprint density at radius 3 is 2.00 bits per heavy atom. The molecule has 0 aliphatic carbocycles. The Balaban J connectivity index is 1.75. The summed E-state index contributed by atoms with van der Waals surface area (Å²) in [5, 5.41) is 3.32. The second kappa shape index (κ2) is 7.58. The van der Waals surface area contributed by atoms with E-state index in [0.29, 0.717) is 39.1 Å². The summed E-state index contributed by atoms with van der Waals surface area (Å²) in [7, 11) is 0. The molecule has 160 valence electrons. The van der Waals surface area contributed by atoms with Gasteiger partial charge in [-0.05, 0) is 54.5 Å². The van der Waals surface area contributed by atoms with Gasteiger partial charge in [-0.1, -0.05) is 0 Å². The van der Waals surface area contributed by atoms with Crippen LogP contribution in [0.15, 0.2) is 0 Å². The van der Waals surface area contributed by atoms with Crippen molar-refractivity contribution in [3.8, 4) is 0 Å². The molecule has 3 heterocycles. The molecule has 2 amide bonds. The van der Waals surface area contributed by atoms with Crippen LogP contribution in [-0.4, -0.2) is 84.3 Å². The summed E-state index contributed by atoms with van der Waals surface area (Å²) in [6.45, 7) is 15.7. The Bertz CT molecular complexity index is 613. The molecule has 3 aliphatic heterocycles. The SMILES string of the molecule is CC1CN(C(=O)CC2(C(=O)N3CC(C)OC(C)(C)C3)CCNC2)CC(C)(C)O1. The molecule has 0 radical (unpaired) electrons. The lowest BCUT2D eigenvalue weighted by Gasteiger charge is -2.45. The van der Waals surface area contributed by atoms with Crippen molar-refractivity contribution in [2.75, 3.05) is 39.3 Å². The van der Waals surface area contributed by atoms with Crippen molar-refractivity contribution in [1.29, 1.82) is 0 Å². The van der Waals surface area contributed by atoms with E-state index in [2.05, 4.69) is 5.32 Å². The second-order valence-electron chi connectivity index (χ2n) is 10.2. The standard InChI is InChI=1S/C21H37N3O4/c1-15-10-23(13-19(3,4)27-15)17(25)9-21(7-8-22-12-21)18(26)24-11-16(2)28-20(5,6)14-24/h15-16,22H,7-14H2,1-6H3. The minimum Gasteiger partial charge on any atom is -0.369 e. The number of hydrogen-bond acceptors (Lipinski definition) is 5. The number of ether oxygens (including phenoxy) is 2. The lowest BCUT2D eigenvalue weighted by atomic mass is 9.80. The first kappa shape index (κ1) is 21.5. The summed E-state index contributed by atoms with van der Waals surface area (Å²) in [6, 6.07) is 0. The molecular weight excluding hydrogens is 358 g/mol. The summed E-state index contributed by atoms with van der Waals surface area (Å²) in [6.07, 6.45) is 0.957. The van der Waals surface area contributed by atoms with Crippen LogP contribution in [0, 0.1) is 5.41 Å². The monoisotopic (exact) mass is 395 g/mol. The van der Waals surface area contributed by atoms with Crippen molar-refractivity contribution in [2.24, 2.45) is 5.41 Å². The van der Waals surface area contributed by atoms with Crippen LogP contribution in [0.4, 0.5) is 0 Å². The van der Waals surface area contributed by atoms with Crippen LogP contribution >= 0.6 is 0 Å². The average molecular weight is 396 g/mol. The van der Waals surface area contributed by atoms with Crippen molar-refractivity contribution in [3.63, 3.8) is 0 Å². The molecule has 0 bridgehead atoms. The summed E-state index contributed by atoms with van der Waals surface area (Å²) >= 11 is 0. The van der Waals surface area contributed by atoms with Crippen molar-refractivity contribution in [3.05, 3.63) is 0 Å². The van der Waals surface area contributed by atoms with E-state index in [1.165, 1.54) is 0 Å². The number of morpholine rings is 2. The Hall–Kier alpha value is -1.18. The van der Waals surface area contributed by atoms with Crippen molar-refractivity contribution in [2.45, 2.75) is 77.8 Å². The molecule has 28 heavy (non-hydrogen) atoms. The zero-order valence-electron chi connectivity index (χ0n) is 18.3. The van der Waals surface area contributed by atoms with Gasteiger partial charge in [0.05, 0.1) is 28.8 Å². The normalized spacial score (nSPS) is 35.1. The van der Waals surface area contributed by atoms with Gasteiger partial charge in [-0.3, -0.25) is 9.59 Å². The molecule has 0 aromatic rings. The van der Waals surface area contributed by atoms with E-state index in [9.17, 15) is 9.59 Å². The highest BCUT2D eigenvalue weighted by molar-refractivity contribution is 5.90. The van der Waals surface area contributed by atoms with Crippen LogP contribution in [0.2, 0.25) is 0 Å². The van der Waals surface area contributed by atoms with Gasteiger partial charge < -0.3 is 24.6 Å². The molecule has 3 rings (SSSR count). The van der Waals surface area contributed by atoms with E-state index in [-0.39, 0.29) is 41.6 Å². The first-order chi connectivity index (χ1) is 12.9. The first-order valence-corrected chi connectivity index (χ1v) is 10.5. The third-order valence-corrected chi connectivity index (χ3v) is 5.97. The van der Waals surface area contributed by atoms with Crippen molar-refractivity contribution < 1.29 is 19.1 Å². The van der Waals surface area contributed by atoms with E-state index in [1.54, 1.807) is 0 Å². The van der Waals surface area contributed by atoms with E-state index < -0.39 is 5.41 Å². The zero-order chi connectivity index (χ0) is 20.7. The number of rotatable bonds is 3. The van der Waals surface area contributed by atoms with Gasteiger partial charge in [0.15, 0.2) is 0 Å². The van der Waals surface area contributed by atoms with E-state index in [1.807, 2.05) is 51.3 Å². The predicted molar refractivity (Wildman–Crippen MR) is 107 cm³/mol. The maximum Gasteiger partial charge on any atom is 0.230 e. The minimum absolute atomic E-state index is 0.00180. The Morgan fingerprint density at radius 2 is 1.50 bits per heavy atom. The first-order valence-electron chi connectivity index (χ1n) is 10.5. The smallest absolute Gasteiger partial charge is 0.230 e. The highest BCUT2D eigenvalue weighted by Gasteiger charge is 2.48. The van der Waals surface area contributed by atoms with Crippen molar-refractivity contribution in [1.82, 2.24) is 15.1 Å². The molecule has 3 saturated heterocycles. The fourth-order valence-corrected chi connectivity index (χ4v) is 5.14. The van der Waals surface area contributed by atoms with Gasteiger partial charge in [0.2, 0.25) is 11.8 Å². The molecule has 3 fully saturated rings. The molecule has 0 aromatic heterocycles. The van der Waals surface area contributed by atoms with E-state index >= 15 is 0 Å². The van der Waals surface area contributed by atoms with Gasteiger partial charge in [-0.15, -0.1) is 0 Å². The predicted octanol–water partition coefficient (Wildman–Crippen LogP) is 1.41. The molecule has 3 aliphatic rings. The molecule has 1 N–H and O–H groups in total. The highest BCUT2D eigenvalue weighted by Crippen LogP contribution is 2.36. The van der Waals surface area contributed by atoms with Crippen LogP contribution in [0.5, 0.6) is 0 Å². The number of carbonyl (C=O) groups is 2. The number of nitrogens with zero attached hydrogens (tertiary/aromatic N) is 2. The minimum atomic E-state index is -0.657. The van der Waals surface area contributed by atoms with Gasteiger partial charge >= 0.3 is 0 Å². The number of carbonyl (C=O) groups excluding carboxylic acids is 2. The summed E-state index contributed by atoms with van der Waals surface area (Å²) in [5.41, 5.74) is -1.38. The number of amides is 2. The lowest BCUT2D eigenvalue weighted by molar-refractivity contribution is -0.171. The third kappa shape index (κ3) is 4.69. The largest absolute Gasteiger partial charge is 0.369 e.